The van der Waals surface area contributed by atoms with E-state index in [9.17, 15) is 9.59 Å². The maximum atomic E-state index is 12.1. The maximum Gasteiger partial charge on any atom is 0.255 e. The Kier molecular flexibility index (Phi) is 4.57. The monoisotopic (exact) mass is 277 g/mol. The fraction of sp³-hybridized carbons (Fsp3) is 0.429. The molecule has 1 fully saturated rings. The highest BCUT2D eigenvalue weighted by Crippen LogP contribution is 2.20. The number of rotatable bonds is 5. The molecule has 0 aliphatic carbocycles. The van der Waals surface area contributed by atoms with Crippen molar-refractivity contribution >= 4 is 17.5 Å². The summed E-state index contributed by atoms with van der Waals surface area (Å²) < 4.78 is 5.15. The van der Waals surface area contributed by atoms with E-state index < -0.39 is 5.91 Å². The molecular formula is C14H19N3O3. The molecular weight excluding hydrogens is 258 g/mol. The number of amides is 2. The average Bonchev–Trinajstić information content (AvgIpc) is 2.84. The Bertz CT molecular complexity index is 487. The van der Waals surface area contributed by atoms with Crippen LogP contribution >= 0.6 is 0 Å². The molecule has 6 nitrogen and oxygen atoms in total. The van der Waals surface area contributed by atoms with Crippen LogP contribution in [-0.4, -0.2) is 31.0 Å². The first-order chi connectivity index (χ1) is 9.56. The van der Waals surface area contributed by atoms with E-state index in [0.29, 0.717) is 11.4 Å². The molecule has 6 heteroatoms. The van der Waals surface area contributed by atoms with Crippen LogP contribution in [0.4, 0.5) is 5.69 Å². The minimum absolute atomic E-state index is 0.000730. The molecule has 0 saturated carbocycles. The molecule has 1 heterocycles. The normalized spacial score (nSPS) is 21.4. The number of carbonyl (C=O) groups is 2. The van der Waals surface area contributed by atoms with Crippen molar-refractivity contribution in [1.82, 2.24) is 5.32 Å². The quantitative estimate of drug-likeness (QED) is 0.730. The number of hydrogen-bond donors (Lipinski definition) is 3. The molecule has 20 heavy (non-hydrogen) atoms. The lowest BCUT2D eigenvalue weighted by atomic mass is 10.0. The van der Waals surface area contributed by atoms with Crippen molar-refractivity contribution in [2.24, 2.45) is 11.7 Å². The van der Waals surface area contributed by atoms with Gasteiger partial charge in [-0.2, -0.15) is 0 Å². The number of hydrogen-bond acceptors (Lipinski definition) is 4. The summed E-state index contributed by atoms with van der Waals surface area (Å²) in [5.74, 6) is 0.0388. The summed E-state index contributed by atoms with van der Waals surface area (Å²) in [6.07, 6.45) is 0.854. The van der Waals surface area contributed by atoms with E-state index in [1.54, 1.807) is 24.3 Å². The Morgan fingerprint density at radius 2 is 2.10 bits per heavy atom. The Balaban J connectivity index is 1.90. The van der Waals surface area contributed by atoms with Crippen molar-refractivity contribution in [3.05, 3.63) is 24.3 Å². The minimum atomic E-state index is -0.523. The Labute approximate surface area is 117 Å². The van der Waals surface area contributed by atoms with Gasteiger partial charge in [-0.3, -0.25) is 9.59 Å². The van der Waals surface area contributed by atoms with Gasteiger partial charge in [0, 0.05) is 11.7 Å². The fourth-order valence-electron chi connectivity index (χ4n) is 2.24. The van der Waals surface area contributed by atoms with E-state index in [2.05, 4.69) is 10.6 Å². The van der Waals surface area contributed by atoms with Gasteiger partial charge >= 0.3 is 0 Å². The van der Waals surface area contributed by atoms with Gasteiger partial charge < -0.3 is 21.1 Å². The van der Waals surface area contributed by atoms with Crippen molar-refractivity contribution in [3.63, 3.8) is 0 Å². The van der Waals surface area contributed by atoms with E-state index in [4.69, 9.17) is 10.5 Å². The average molecular weight is 277 g/mol. The molecule has 1 aliphatic heterocycles. The van der Waals surface area contributed by atoms with E-state index in [1.165, 1.54) is 0 Å². The van der Waals surface area contributed by atoms with Crippen LogP contribution in [0.2, 0.25) is 0 Å². The van der Waals surface area contributed by atoms with Gasteiger partial charge in [0.1, 0.15) is 5.75 Å². The molecule has 4 N–H and O–H groups in total. The highest BCUT2D eigenvalue weighted by Gasteiger charge is 2.29. The Morgan fingerprint density at radius 1 is 1.40 bits per heavy atom. The van der Waals surface area contributed by atoms with Gasteiger partial charge in [0.25, 0.3) is 5.91 Å². The first-order valence-electron chi connectivity index (χ1n) is 6.61. The maximum absolute atomic E-state index is 12.1. The SMILES string of the molecule is CC1NCCC1C(=O)Nc1ccc(OCC(N)=O)cc1. The van der Waals surface area contributed by atoms with Gasteiger partial charge in [0.15, 0.2) is 6.61 Å². The standard InChI is InChI=1S/C14H19N3O3/c1-9-12(6-7-16-9)14(19)17-10-2-4-11(5-3-10)20-8-13(15)18/h2-5,9,12,16H,6-8H2,1H3,(H2,15,18)(H,17,19). The van der Waals surface area contributed by atoms with Gasteiger partial charge in [0.05, 0.1) is 5.92 Å². The minimum Gasteiger partial charge on any atom is -0.484 e. The van der Waals surface area contributed by atoms with Gasteiger partial charge in [-0.25, -0.2) is 0 Å². The molecule has 2 unspecified atom stereocenters. The number of benzene rings is 1. The van der Waals surface area contributed by atoms with E-state index >= 15 is 0 Å². The molecule has 1 aromatic carbocycles. The lowest BCUT2D eigenvalue weighted by Crippen LogP contribution is -2.32. The zero-order chi connectivity index (χ0) is 14.5. The lowest BCUT2D eigenvalue weighted by molar-refractivity contribution is -0.120. The van der Waals surface area contributed by atoms with Gasteiger partial charge in [-0.05, 0) is 44.2 Å². The van der Waals surface area contributed by atoms with E-state index in [1.807, 2.05) is 6.92 Å². The van der Waals surface area contributed by atoms with Crippen LogP contribution in [0.15, 0.2) is 24.3 Å². The van der Waals surface area contributed by atoms with Crippen molar-refractivity contribution in [1.29, 1.82) is 0 Å². The second-order valence-corrected chi connectivity index (χ2v) is 4.91. The Hall–Kier alpha value is -2.08. The zero-order valence-electron chi connectivity index (χ0n) is 11.4. The molecule has 1 aromatic rings. The summed E-state index contributed by atoms with van der Waals surface area (Å²) in [5, 5.41) is 6.13. The summed E-state index contributed by atoms with van der Waals surface area (Å²) in [7, 11) is 0. The largest absolute Gasteiger partial charge is 0.484 e. The van der Waals surface area contributed by atoms with Gasteiger partial charge in [-0.15, -0.1) is 0 Å². The summed E-state index contributed by atoms with van der Waals surface area (Å²) in [6, 6.07) is 7.06. The molecule has 0 bridgehead atoms. The molecule has 0 aromatic heterocycles. The highest BCUT2D eigenvalue weighted by atomic mass is 16.5. The molecule has 2 atom stereocenters. The van der Waals surface area contributed by atoms with Crippen molar-refractivity contribution in [2.75, 3.05) is 18.5 Å². The third kappa shape index (κ3) is 3.71. The second-order valence-electron chi connectivity index (χ2n) is 4.91. The number of nitrogens with one attached hydrogen (secondary N) is 2. The van der Waals surface area contributed by atoms with E-state index in [0.717, 1.165) is 13.0 Å². The second kappa shape index (κ2) is 6.38. The summed E-state index contributed by atoms with van der Waals surface area (Å²) in [5.41, 5.74) is 5.70. The van der Waals surface area contributed by atoms with Crippen LogP contribution in [0.5, 0.6) is 5.75 Å². The number of ether oxygens (including phenoxy) is 1. The molecule has 2 amide bonds. The van der Waals surface area contributed by atoms with Crippen LogP contribution in [0.25, 0.3) is 0 Å². The number of primary amides is 1. The van der Waals surface area contributed by atoms with Crippen molar-refractivity contribution in [3.8, 4) is 5.75 Å². The van der Waals surface area contributed by atoms with Crippen LogP contribution in [0.3, 0.4) is 0 Å². The third-order valence-electron chi connectivity index (χ3n) is 3.36. The number of anilines is 1. The lowest BCUT2D eigenvalue weighted by Gasteiger charge is -2.15. The van der Waals surface area contributed by atoms with Crippen molar-refractivity contribution in [2.45, 2.75) is 19.4 Å². The fourth-order valence-corrected chi connectivity index (χ4v) is 2.24. The third-order valence-corrected chi connectivity index (χ3v) is 3.36. The highest BCUT2D eigenvalue weighted by molar-refractivity contribution is 5.93. The first-order valence-corrected chi connectivity index (χ1v) is 6.61. The van der Waals surface area contributed by atoms with Crippen LogP contribution < -0.4 is 21.1 Å². The smallest absolute Gasteiger partial charge is 0.255 e. The molecule has 1 aliphatic rings. The predicted octanol–water partition coefficient (Wildman–Crippen LogP) is 0.487. The number of carbonyl (C=O) groups excluding carboxylic acids is 2. The zero-order valence-corrected chi connectivity index (χ0v) is 11.4. The summed E-state index contributed by atoms with van der Waals surface area (Å²) in [4.78, 5) is 22.7. The molecule has 2 rings (SSSR count). The van der Waals surface area contributed by atoms with Crippen molar-refractivity contribution < 1.29 is 14.3 Å². The molecule has 1 saturated heterocycles. The summed E-state index contributed by atoms with van der Waals surface area (Å²) in [6.45, 7) is 2.73. The Morgan fingerprint density at radius 3 is 2.65 bits per heavy atom. The van der Waals surface area contributed by atoms with Gasteiger partial charge in [0.2, 0.25) is 5.91 Å². The topological polar surface area (TPSA) is 93.4 Å². The van der Waals surface area contributed by atoms with Crippen LogP contribution in [0, 0.1) is 5.92 Å². The molecule has 0 radical (unpaired) electrons. The number of nitrogens with two attached hydrogens (primary N) is 1. The van der Waals surface area contributed by atoms with E-state index in [-0.39, 0.29) is 24.5 Å². The molecule has 108 valence electrons. The van der Waals surface area contributed by atoms with Crippen LogP contribution in [0.1, 0.15) is 13.3 Å². The van der Waals surface area contributed by atoms with Gasteiger partial charge in [-0.1, -0.05) is 0 Å². The van der Waals surface area contributed by atoms with Crippen LogP contribution in [-0.2, 0) is 9.59 Å². The molecule has 0 spiro atoms. The summed E-state index contributed by atoms with van der Waals surface area (Å²) >= 11 is 0. The first kappa shape index (κ1) is 14.3. The predicted molar refractivity (Wildman–Crippen MR) is 75.3 cm³/mol.